The summed E-state index contributed by atoms with van der Waals surface area (Å²) in [5.41, 5.74) is -1.25. The Morgan fingerprint density at radius 3 is 2.68 bits per heavy atom. The molecule has 0 bridgehead atoms. The van der Waals surface area contributed by atoms with Crippen LogP contribution in [0.4, 0.5) is 4.79 Å². The van der Waals surface area contributed by atoms with Gasteiger partial charge in [-0.3, -0.25) is 4.79 Å². The Kier molecular flexibility index (Phi) is 4.79. The Labute approximate surface area is 138 Å². The highest BCUT2D eigenvalue weighted by atomic mass is 35.5. The van der Waals surface area contributed by atoms with Gasteiger partial charge in [-0.1, -0.05) is 29.4 Å². The first-order chi connectivity index (χ1) is 10.2. The molecule has 9 heteroatoms. The van der Waals surface area contributed by atoms with E-state index in [1.165, 1.54) is 30.1 Å². The lowest BCUT2D eigenvalue weighted by molar-refractivity contribution is -0.0722. The van der Waals surface area contributed by atoms with Gasteiger partial charge < -0.3 is 10.0 Å². The minimum absolute atomic E-state index is 0.0504. The molecule has 2 N–H and O–H groups in total. The molecule has 0 radical (unpaired) electrons. The molecule has 1 saturated heterocycles. The number of hydrogen-bond acceptors (Lipinski definition) is 5. The highest BCUT2D eigenvalue weighted by molar-refractivity contribution is 8.14. The Bertz CT molecular complexity index is 710. The zero-order valence-electron chi connectivity index (χ0n) is 12.3. The molecule has 2 rings (SSSR count). The quantitative estimate of drug-likeness (QED) is 0.853. The lowest BCUT2D eigenvalue weighted by atomic mass is 9.98. The van der Waals surface area contributed by atoms with Gasteiger partial charge in [0.15, 0.2) is 5.72 Å². The first-order valence-corrected chi connectivity index (χ1v) is 9.36. The maximum absolute atomic E-state index is 12.0. The van der Waals surface area contributed by atoms with Crippen molar-refractivity contribution >= 4 is 38.6 Å². The molecular formula is C13H17ClN2O4S2. The van der Waals surface area contributed by atoms with Gasteiger partial charge in [-0.2, -0.15) is 0 Å². The number of carbonyl (C=O) groups excluding carboxylic acids is 1. The van der Waals surface area contributed by atoms with Crippen LogP contribution in [-0.4, -0.2) is 42.5 Å². The van der Waals surface area contributed by atoms with E-state index in [2.05, 4.69) is 4.72 Å². The molecule has 1 aromatic carbocycles. The number of nitrogens with zero attached hydrogens (tertiary/aromatic N) is 1. The van der Waals surface area contributed by atoms with Gasteiger partial charge in [-0.25, -0.2) is 13.1 Å². The van der Waals surface area contributed by atoms with Crippen LogP contribution < -0.4 is 4.72 Å². The van der Waals surface area contributed by atoms with Crippen molar-refractivity contribution in [3.8, 4) is 0 Å². The molecular weight excluding hydrogens is 348 g/mol. The van der Waals surface area contributed by atoms with Crippen molar-refractivity contribution in [2.75, 3.05) is 13.6 Å². The van der Waals surface area contributed by atoms with E-state index in [0.29, 0.717) is 12.1 Å². The third-order valence-electron chi connectivity index (χ3n) is 3.71. The molecule has 1 aliphatic rings. The van der Waals surface area contributed by atoms with Gasteiger partial charge in [-0.15, -0.1) is 0 Å². The molecule has 1 fully saturated rings. The molecule has 1 amide bonds. The number of rotatable bonds is 4. The number of nitrogens with one attached hydrogen (secondary N) is 1. The minimum atomic E-state index is -3.77. The lowest BCUT2D eigenvalue weighted by Crippen LogP contribution is -2.47. The van der Waals surface area contributed by atoms with Crippen LogP contribution in [0.25, 0.3) is 0 Å². The molecule has 2 atom stereocenters. The number of benzene rings is 1. The molecule has 22 heavy (non-hydrogen) atoms. The minimum Gasteiger partial charge on any atom is -0.366 e. The Balaban J connectivity index is 2.63. The summed E-state index contributed by atoms with van der Waals surface area (Å²) in [5, 5.41) is 10.4. The van der Waals surface area contributed by atoms with Crippen LogP contribution in [0, 0.1) is 0 Å². The second kappa shape index (κ2) is 6.01. The molecule has 2 unspecified atom stereocenters. The maximum Gasteiger partial charge on any atom is 0.284 e. The van der Waals surface area contributed by atoms with Gasteiger partial charge in [0.1, 0.15) is 4.90 Å². The zero-order valence-corrected chi connectivity index (χ0v) is 14.7. The van der Waals surface area contributed by atoms with Crippen molar-refractivity contribution in [3.63, 3.8) is 0 Å². The van der Waals surface area contributed by atoms with E-state index in [-0.39, 0.29) is 15.2 Å². The van der Waals surface area contributed by atoms with E-state index in [9.17, 15) is 18.3 Å². The van der Waals surface area contributed by atoms with E-state index < -0.39 is 21.0 Å². The highest BCUT2D eigenvalue weighted by Crippen LogP contribution is 2.45. The van der Waals surface area contributed by atoms with E-state index in [1.807, 2.05) is 0 Å². The van der Waals surface area contributed by atoms with Crippen LogP contribution in [0.3, 0.4) is 0 Å². The summed E-state index contributed by atoms with van der Waals surface area (Å²) in [6.45, 7) is 3.78. The molecule has 0 spiro atoms. The van der Waals surface area contributed by atoms with Crippen LogP contribution in [0.15, 0.2) is 23.1 Å². The SMILES string of the molecule is CCN1C(=O)SC(C)C1(O)c1ccc(Cl)c(S(=O)(=O)NC)c1. The van der Waals surface area contributed by atoms with Crippen LogP contribution in [0.1, 0.15) is 19.4 Å². The molecule has 1 heterocycles. The molecule has 0 aliphatic carbocycles. The van der Waals surface area contributed by atoms with Crippen molar-refractivity contribution < 1.29 is 18.3 Å². The monoisotopic (exact) mass is 364 g/mol. The van der Waals surface area contributed by atoms with Crippen molar-refractivity contribution in [2.24, 2.45) is 0 Å². The summed E-state index contributed by atoms with van der Waals surface area (Å²) >= 11 is 6.98. The van der Waals surface area contributed by atoms with Gasteiger partial charge in [0, 0.05) is 12.1 Å². The molecule has 6 nitrogen and oxygen atoms in total. The number of carbonyl (C=O) groups is 1. The summed E-state index contributed by atoms with van der Waals surface area (Å²) < 4.78 is 26.2. The maximum atomic E-state index is 12.0. The number of halogens is 1. The number of thioether (sulfide) groups is 1. The molecule has 1 aromatic rings. The predicted molar refractivity (Wildman–Crippen MR) is 86.4 cm³/mol. The van der Waals surface area contributed by atoms with E-state index in [0.717, 1.165) is 11.8 Å². The largest absolute Gasteiger partial charge is 0.366 e. The van der Waals surface area contributed by atoms with Crippen LogP contribution in [0.2, 0.25) is 5.02 Å². The lowest BCUT2D eigenvalue weighted by Gasteiger charge is -2.35. The Hall–Kier alpha value is -0.800. The summed E-state index contributed by atoms with van der Waals surface area (Å²) in [7, 11) is -2.49. The number of sulfonamides is 1. The smallest absolute Gasteiger partial charge is 0.284 e. The fraction of sp³-hybridized carbons (Fsp3) is 0.462. The number of amides is 1. The normalized spacial score (nSPS) is 25.8. The van der Waals surface area contributed by atoms with Crippen molar-refractivity contribution in [2.45, 2.75) is 29.7 Å². The van der Waals surface area contributed by atoms with Gasteiger partial charge >= 0.3 is 0 Å². The second-order valence-corrected chi connectivity index (χ2v) is 8.40. The van der Waals surface area contributed by atoms with Crippen LogP contribution in [-0.2, 0) is 15.7 Å². The van der Waals surface area contributed by atoms with Crippen molar-refractivity contribution in [1.82, 2.24) is 9.62 Å². The average molecular weight is 365 g/mol. The first kappa shape index (κ1) is 17.6. The van der Waals surface area contributed by atoms with Gasteiger partial charge in [0.25, 0.3) is 5.24 Å². The topological polar surface area (TPSA) is 86.7 Å². The number of hydrogen-bond donors (Lipinski definition) is 2. The third kappa shape index (κ3) is 2.63. The van der Waals surface area contributed by atoms with E-state index in [4.69, 9.17) is 11.6 Å². The van der Waals surface area contributed by atoms with E-state index in [1.54, 1.807) is 13.8 Å². The first-order valence-electron chi connectivity index (χ1n) is 6.62. The number of aliphatic hydroxyl groups is 1. The summed E-state index contributed by atoms with van der Waals surface area (Å²) in [4.78, 5) is 13.2. The zero-order chi connectivity index (χ0) is 16.7. The predicted octanol–water partition coefficient (Wildman–Crippen LogP) is 1.97. The third-order valence-corrected chi connectivity index (χ3v) is 6.71. The van der Waals surface area contributed by atoms with Crippen molar-refractivity contribution in [1.29, 1.82) is 0 Å². The molecule has 0 saturated carbocycles. The summed E-state index contributed by atoms with van der Waals surface area (Å²) in [6.07, 6.45) is 0. The average Bonchev–Trinajstić information content (AvgIpc) is 2.69. The van der Waals surface area contributed by atoms with Crippen LogP contribution in [0.5, 0.6) is 0 Å². The second-order valence-electron chi connectivity index (χ2n) is 4.85. The molecule has 0 aromatic heterocycles. The van der Waals surface area contributed by atoms with E-state index >= 15 is 0 Å². The van der Waals surface area contributed by atoms with Gasteiger partial charge in [0.05, 0.1) is 10.3 Å². The fourth-order valence-electron chi connectivity index (χ4n) is 2.46. The van der Waals surface area contributed by atoms with Crippen LogP contribution >= 0.6 is 23.4 Å². The Morgan fingerprint density at radius 1 is 1.50 bits per heavy atom. The highest BCUT2D eigenvalue weighted by Gasteiger charge is 2.51. The standard InChI is InChI=1S/C13H17ClN2O4S2/c1-4-16-12(17)21-8(2)13(16,18)9-5-6-10(14)11(7-9)22(19,20)15-3/h5-8,15,18H,4H2,1-3H3. The summed E-state index contributed by atoms with van der Waals surface area (Å²) in [6, 6.07) is 4.26. The van der Waals surface area contributed by atoms with Gasteiger partial charge in [0.2, 0.25) is 10.0 Å². The molecule has 122 valence electrons. The summed E-state index contributed by atoms with van der Waals surface area (Å²) in [5.74, 6) is 0. The van der Waals surface area contributed by atoms with Crippen molar-refractivity contribution in [3.05, 3.63) is 28.8 Å². The van der Waals surface area contributed by atoms with Gasteiger partial charge in [-0.05, 0) is 33.0 Å². The Morgan fingerprint density at radius 2 is 2.14 bits per heavy atom. The fourth-order valence-corrected chi connectivity index (χ4v) is 4.84. The molecule has 1 aliphatic heterocycles.